The molecule has 1 aliphatic rings. The minimum atomic E-state index is -1.36. The number of anilines is 1. The predicted molar refractivity (Wildman–Crippen MR) is 99.3 cm³/mol. The fourth-order valence-electron chi connectivity index (χ4n) is 3.25. The molecular formula is C19H17FN4O3. The van der Waals surface area contributed by atoms with Crippen molar-refractivity contribution in [1.82, 2.24) is 14.9 Å². The Bertz CT molecular complexity index is 1090. The van der Waals surface area contributed by atoms with E-state index in [0.717, 1.165) is 32.4 Å². The number of halogens is 1. The van der Waals surface area contributed by atoms with E-state index in [4.69, 9.17) is 0 Å². The summed E-state index contributed by atoms with van der Waals surface area (Å²) in [7, 11) is 0. The van der Waals surface area contributed by atoms with Gasteiger partial charge in [-0.2, -0.15) is 0 Å². The average Bonchev–Trinajstić information content (AvgIpc) is 2.69. The Morgan fingerprint density at radius 1 is 1.15 bits per heavy atom. The zero-order valence-electron chi connectivity index (χ0n) is 14.4. The second-order valence-corrected chi connectivity index (χ2v) is 6.28. The monoisotopic (exact) mass is 368 g/mol. The number of pyridine rings is 2. The molecule has 0 unspecified atom stereocenters. The van der Waals surface area contributed by atoms with E-state index in [9.17, 15) is 19.1 Å². The maximum atomic E-state index is 14.4. The highest BCUT2D eigenvalue weighted by molar-refractivity contribution is 5.92. The van der Waals surface area contributed by atoms with Crippen molar-refractivity contribution in [3.63, 3.8) is 0 Å². The largest absolute Gasteiger partial charge is 0.477 e. The lowest BCUT2D eigenvalue weighted by atomic mass is 10.1. The van der Waals surface area contributed by atoms with Gasteiger partial charge in [-0.3, -0.25) is 9.36 Å². The summed E-state index contributed by atoms with van der Waals surface area (Å²) in [5.41, 5.74) is -0.701. The molecule has 1 aromatic carbocycles. The predicted octanol–water partition coefficient (Wildman–Crippen LogP) is 1.63. The van der Waals surface area contributed by atoms with Crippen LogP contribution in [-0.2, 0) is 0 Å². The van der Waals surface area contributed by atoms with E-state index in [2.05, 4.69) is 15.2 Å². The van der Waals surface area contributed by atoms with E-state index in [-0.39, 0.29) is 16.7 Å². The number of hydrogen-bond donors (Lipinski definition) is 2. The lowest BCUT2D eigenvalue weighted by molar-refractivity contribution is 0.0695. The lowest BCUT2D eigenvalue weighted by Crippen LogP contribution is -2.43. The number of aromatic carboxylic acids is 1. The summed E-state index contributed by atoms with van der Waals surface area (Å²) < 4.78 is 15.7. The quantitative estimate of drug-likeness (QED) is 0.731. The van der Waals surface area contributed by atoms with Gasteiger partial charge in [-0.1, -0.05) is 12.1 Å². The molecule has 0 radical (unpaired) electrons. The highest BCUT2D eigenvalue weighted by Gasteiger charge is 2.19. The summed E-state index contributed by atoms with van der Waals surface area (Å²) in [6, 6.07) is 9.24. The molecule has 1 saturated heterocycles. The number of nitrogens with one attached hydrogen (secondary N) is 1. The third kappa shape index (κ3) is 3.04. The first-order valence-corrected chi connectivity index (χ1v) is 8.56. The zero-order valence-corrected chi connectivity index (χ0v) is 14.4. The molecule has 0 aliphatic carbocycles. The highest BCUT2D eigenvalue weighted by atomic mass is 19.1. The van der Waals surface area contributed by atoms with Crippen molar-refractivity contribution in [3.05, 3.63) is 64.2 Å². The molecule has 0 bridgehead atoms. The van der Waals surface area contributed by atoms with Crippen LogP contribution in [0.15, 0.2) is 47.4 Å². The number of carboxylic acids is 1. The number of rotatable bonds is 3. The second kappa shape index (κ2) is 6.81. The van der Waals surface area contributed by atoms with Crippen molar-refractivity contribution in [3.8, 4) is 5.69 Å². The molecule has 138 valence electrons. The fourth-order valence-corrected chi connectivity index (χ4v) is 3.25. The number of nitrogens with zero attached hydrogens (tertiary/aromatic N) is 3. The number of carboxylic acid groups (broad SMARTS) is 1. The topological polar surface area (TPSA) is 87.5 Å². The van der Waals surface area contributed by atoms with Gasteiger partial charge >= 0.3 is 5.97 Å². The number of benzene rings is 1. The normalized spacial score (nSPS) is 14.5. The summed E-state index contributed by atoms with van der Waals surface area (Å²) in [5, 5.41) is 12.8. The van der Waals surface area contributed by atoms with Crippen molar-refractivity contribution in [1.29, 1.82) is 0 Å². The molecule has 8 heteroatoms. The minimum absolute atomic E-state index is 0.134. The number of piperazine rings is 1. The fraction of sp³-hybridized carbons (Fsp3) is 0.211. The number of aromatic nitrogens is 2. The van der Waals surface area contributed by atoms with Crippen molar-refractivity contribution in [2.75, 3.05) is 31.1 Å². The Kier molecular flexibility index (Phi) is 4.33. The molecule has 1 aliphatic heterocycles. The van der Waals surface area contributed by atoms with Gasteiger partial charge in [0.15, 0.2) is 5.65 Å². The first-order valence-electron chi connectivity index (χ1n) is 8.56. The molecular weight excluding hydrogens is 351 g/mol. The van der Waals surface area contributed by atoms with Crippen LogP contribution in [0.2, 0.25) is 0 Å². The van der Waals surface area contributed by atoms with Crippen LogP contribution < -0.4 is 15.6 Å². The molecule has 2 aromatic heterocycles. The number of hydrogen-bond acceptors (Lipinski definition) is 5. The molecule has 0 amide bonds. The molecule has 4 rings (SSSR count). The third-order valence-electron chi connectivity index (χ3n) is 4.62. The molecule has 0 saturated carbocycles. The highest BCUT2D eigenvalue weighted by Crippen LogP contribution is 2.22. The molecule has 2 N–H and O–H groups in total. The molecule has 3 heterocycles. The summed E-state index contributed by atoms with van der Waals surface area (Å²) in [6.07, 6.45) is 1.14. The van der Waals surface area contributed by atoms with Crippen molar-refractivity contribution < 1.29 is 14.3 Å². The Labute approximate surface area is 153 Å². The number of carbonyl (C=O) groups is 1. The molecule has 0 spiro atoms. The smallest absolute Gasteiger partial charge is 0.341 e. The van der Waals surface area contributed by atoms with Crippen LogP contribution in [0.4, 0.5) is 10.2 Å². The van der Waals surface area contributed by atoms with Crippen LogP contribution in [-0.4, -0.2) is 46.8 Å². The van der Waals surface area contributed by atoms with Crippen molar-refractivity contribution in [2.45, 2.75) is 0 Å². The summed E-state index contributed by atoms with van der Waals surface area (Å²) in [5.74, 6) is -1.23. The van der Waals surface area contributed by atoms with Crippen LogP contribution in [0.3, 0.4) is 0 Å². The minimum Gasteiger partial charge on any atom is -0.477 e. The van der Waals surface area contributed by atoms with Gasteiger partial charge in [-0.15, -0.1) is 0 Å². The van der Waals surface area contributed by atoms with Crippen LogP contribution in [0.25, 0.3) is 16.7 Å². The Hall–Kier alpha value is -3.26. The van der Waals surface area contributed by atoms with Gasteiger partial charge in [0.2, 0.25) is 5.43 Å². The molecule has 3 aromatic rings. The van der Waals surface area contributed by atoms with Gasteiger partial charge in [-0.05, 0) is 24.3 Å². The molecule has 0 atom stereocenters. The number of para-hydroxylation sites is 1. The first kappa shape index (κ1) is 17.2. The van der Waals surface area contributed by atoms with E-state index < -0.39 is 22.8 Å². The van der Waals surface area contributed by atoms with E-state index in [1.807, 2.05) is 0 Å². The Morgan fingerprint density at radius 2 is 1.89 bits per heavy atom. The Morgan fingerprint density at radius 3 is 2.59 bits per heavy atom. The lowest BCUT2D eigenvalue weighted by Gasteiger charge is -2.28. The summed E-state index contributed by atoms with van der Waals surface area (Å²) in [4.78, 5) is 30.7. The molecule has 1 fully saturated rings. The van der Waals surface area contributed by atoms with E-state index in [1.165, 1.54) is 16.7 Å². The standard InChI is InChI=1S/C19H17FN4O3/c20-14-3-1-2-4-15(14)24-11-13(19(26)27)17(25)12-5-6-16(22-18(12)24)23-9-7-21-8-10-23/h1-6,11,21H,7-10H2,(H,26,27). The van der Waals surface area contributed by atoms with Gasteiger partial charge in [0.05, 0.1) is 11.1 Å². The molecule has 7 nitrogen and oxygen atoms in total. The van der Waals surface area contributed by atoms with E-state index in [0.29, 0.717) is 5.82 Å². The maximum Gasteiger partial charge on any atom is 0.341 e. The first-order chi connectivity index (χ1) is 13.1. The van der Waals surface area contributed by atoms with Gasteiger partial charge in [0.25, 0.3) is 0 Å². The SMILES string of the molecule is O=C(O)c1cn(-c2ccccc2F)c2nc(N3CCNCC3)ccc2c1=O. The van der Waals surface area contributed by atoms with Crippen LogP contribution >= 0.6 is 0 Å². The van der Waals surface area contributed by atoms with Gasteiger partial charge in [0, 0.05) is 32.4 Å². The van der Waals surface area contributed by atoms with E-state index in [1.54, 1.807) is 24.3 Å². The van der Waals surface area contributed by atoms with Crippen LogP contribution in [0.5, 0.6) is 0 Å². The van der Waals surface area contributed by atoms with Crippen LogP contribution in [0, 0.1) is 5.82 Å². The van der Waals surface area contributed by atoms with Crippen molar-refractivity contribution in [2.24, 2.45) is 0 Å². The maximum absolute atomic E-state index is 14.4. The van der Waals surface area contributed by atoms with Gasteiger partial charge in [-0.25, -0.2) is 14.2 Å². The third-order valence-corrected chi connectivity index (χ3v) is 4.62. The zero-order chi connectivity index (χ0) is 19.0. The van der Waals surface area contributed by atoms with E-state index >= 15 is 0 Å². The van der Waals surface area contributed by atoms with Gasteiger partial charge < -0.3 is 15.3 Å². The molecule has 27 heavy (non-hydrogen) atoms. The van der Waals surface area contributed by atoms with Crippen LogP contribution in [0.1, 0.15) is 10.4 Å². The second-order valence-electron chi connectivity index (χ2n) is 6.28. The summed E-state index contributed by atoms with van der Waals surface area (Å²) >= 11 is 0. The van der Waals surface area contributed by atoms with Gasteiger partial charge in [0.1, 0.15) is 17.2 Å². The number of fused-ring (bicyclic) bond motifs is 1. The Balaban J connectivity index is 2.00. The van der Waals surface area contributed by atoms with Crippen molar-refractivity contribution >= 4 is 22.8 Å². The average molecular weight is 368 g/mol. The summed E-state index contributed by atoms with van der Waals surface area (Å²) in [6.45, 7) is 3.15.